The maximum absolute atomic E-state index is 11.4. The number of hydrogen-bond donors (Lipinski definition) is 1. The molecule has 1 rings (SSSR count). The van der Waals surface area contributed by atoms with Gasteiger partial charge in [-0.25, -0.2) is 0 Å². The number of carbonyl (C=O) groups excluding carboxylic acids is 1. The summed E-state index contributed by atoms with van der Waals surface area (Å²) in [6.45, 7) is 6.20. The summed E-state index contributed by atoms with van der Waals surface area (Å²) in [4.78, 5) is 11.4. The Kier molecular flexibility index (Phi) is 2.03. The van der Waals surface area contributed by atoms with Crippen LogP contribution >= 0.6 is 0 Å². The molecule has 0 radical (unpaired) electrons. The Labute approximate surface area is 66.9 Å². The molecule has 3 nitrogen and oxygen atoms in total. The van der Waals surface area contributed by atoms with Gasteiger partial charge in [-0.3, -0.25) is 4.79 Å². The number of rotatable bonds is 3. The van der Waals surface area contributed by atoms with E-state index >= 15 is 0 Å². The first-order chi connectivity index (χ1) is 4.97. The van der Waals surface area contributed by atoms with Crippen LogP contribution in [-0.4, -0.2) is 24.0 Å². The predicted octanol–water partition coefficient (Wildman–Crippen LogP) is 0.328. The molecule has 0 aromatic carbocycles. The van der Waals surface area contributed by atoms with Crippen molar-refractivity contribution >= 4 is 5.78 Å². The molecule has 1 heterocycles. The van der Waals surface area contributed by atoms with E-state index < -0.39 is 5.60 Å². The summed E-state index contributed by atoms with van der Waals surface area (Å²) < 4.78 is 5.00. The number of hydrogen-bond acceptors (Lipinski definition) is 3. The third kappa shape index (κ3) is 1.60. The van der Waals surface area contributed by atoms with Gasteiger partial charge in [-0.1, -0.05) is 13.8 Å². The van der Waals surface area contributed by atoms with Gasteiger partial charge in [0, 0.05) is 0 Å². The molecule has 0 amide bonds. The van der Waals surface area contributed by atoms with E-state index in [1.807, 2.05) is 13.8 Å². The zero-order chi connectivity index (χ0) is 8.65. The van der Waals surface area contributed by atoms with Crippen LogP contribution in [-0.2, 0) is 9.53 Å². The van der Waals surface area contributed by atoms with Crippen LogP contribution in [0.1, 0.15) is 20.8 Å². The van der Waals surface area contributed by atoms with Gasteiger partial charge in [-0.2, -0.15) is 0 Å². The number of ketones is 1. The van der Waals surface area contributed by atoms with Crippen molar-refractivity contribution in [1.82, 2.24) is 0 Å². The van der Waals surface area contributed by atoms with Crippen molar-refractivity contribution in [3.8, 4) is 0 Å². The molecule has 1 fully saturated rings. The molecule has 1 unspecified atom stereocenters. The van der Waals surface area contributed by atoms with E-state index in [1.54, 1.807) is 6.92 Å². The Morgan fingerprint density at radius 3 is 2.36 bits per heavy atom. The predicted molar refractivity (Wildman–Crippen MR) is 42.2 cm³/mol. The number of nitrogens with two attached hydrogens (primary N) is 1. The van der Waals surface area contributed by atoms with Gasteiger partial charge >= 0.3 is 0 Å². The SMILES string of the molecule is CC(C)C(N)C(=O)[C@@]1(C)CO1. The zero-order valence-corrected chi connectivity index (χ0v) is 7.26. The fourth-order valence-electron chi connectivity index (χ4n) is 0.906. The van der Waals surface area contributed by atoms with Crippen LogP contribution in [0.4, 0.5) is 0 Å². The Morgan fingerprint density at radius 1 is 1.64 bits per heavy atom. The summed E-state index contributed by atoms with van der Waals surface area (Å²) in [5.74, 6) is 0.232. The summed E-state index contributed by atoms with van der Waals surface area (Å²) in [6.07, 6.45) is 0. The molecule has 64 valence electrons. The van der Waals surface area contributed by atoms with Crippen LogP contribution in [0.3, 0.4) is 0 Å². The lowest BCUT2D eigenvalue weighted by Gasteiger charge is -2.15. The van der Waals surface area contributed by atoms with Crippen LogP contribution in [0.25, 0.3) is 0 Å². The zero-order valence-electron chi connectivity index (χ0n) is 7.26. The number of carbonyl (C=O) groups is 1. The lowest BCUT2D eigenvalue weighted by molar-refractivity contribution is -0.125. The molecule has 2 N–H and O–H groups in total. The number of ether oxygens (including phenoxy) is 1. The Bertz CT molecular complexity index is 173. The molecule has 1 aliphatic rings. The van der Waals surface area contributed by atoms with Crippen molar-refractivity contribution in [3.63, 3.8) is 0 Å². The second-order valence-corrected chi connectivity index (χ2v) is 3.65. The normalized spacial score (nSPS) is 32.1. The lowest BCUT2D eigenvalue weighted by Crippen LogP contribution is -2.42. The summed E-state index contributed by atoms with van der Waals surface area (Å²) in [7, 11) is 0. The van der Waals surface area contributed by atoms with Crippen molar-refractivity contribution < 1.29 is 9.53 Å². The van der Waals surface area contributed by atoms with Crippen LogP contribution in [0, 0.1) is 5.92 Å². The summed E-state index contributed by atoms with van der Waals surface area (Å²) in [5.41, 5.74) is 5.10. The van der Waals surface area contributed by atoms with Crippen LogP contribution in [0.2, 0.25) is 0 Å². The maximum atomic E-state index is 11.4. The molecule has 1 aliphatic heterocycles. The smallest absolute Gasteiger partial charge is 0.183 e. The van der Waals surface area contributed by atoms with Crippen LogP contribution < -0.4 is 5.73 Å². The molecule has 0 aromatic rings. The average molecular weight is 157 g/mol. The third-order valence-electron chi connectivity index (χ3n) is 2.12. The van der Waals surface area contributed by atoms with E-state index in [2.05, 4.69) is 0 Å². The Balaban J connectivity index is 2.54. The molecule has 3 heteroatoms. The average Bonchev–Trinajstić information content (AvgIpc) is 2.66. The molecular formula is C8H15NO2. The van der Waals surface area contributed by atoms with Gasteiger partial charge in [0.05, 0.1) is 12.6 Å². The van der Waals surface area contributed by atoms with Crippen LogP contribution in [0.5, 0.6) is 0 Å². The van der Waals surface area contributed by atoms with Crippen molar-refractivity contribution in [3.05, 3.63) is 0 Å². The molecule has 11 heavy (non-hydrogen) atoms. The lowest BCUT2D eigenvalue weighted by atomic mass is 9.93. The minimum absolute atomic E-state index is 0.0347. The van der Waals surface area contributed by atoms with Gasteiger partial charge in [0.15, 0.2) is 5.78 Å². The topological polar surface area (TPSA) is 55.6 Å². The standard InChI is InChI=1S/C8H15NO2/c1-5(2)6(9)7(10)8(3)4-11-8/h5-6H,4,9H2,1-3H3/t6?,8-/m1/s1. The highest BCUT2D eigenvalue weighted by molar-refractivity contribution is 5.93. The van der Waals surface area contributed by atoms with Crippen LogP contribution in [0.15, 0.2) is 0 Å². The van der Waals surface area contributed by atoms with Crippen molar-refractivity contribution in [2.24, 2.45) is 11.7 Å². The second kappa shape index (κ2) is 2.57. The first kappa shape index (κ1) is 8.68. The molecule has 1 saturated heterocycles. The minimum Gasteiger partial charge on any atom is -0.362 e. The molecule has 0 spiro atoms. The van der Waals surface area contributed by atoms with E-state index in [0.29, 0.717) is 6.61 Å². The molecule has 0 bridgehead atoms. The summed E-state index contributed by atoms with van der Waals surface area (Å²) >= 11 is 0. The van der Waals surface area contributed by atoms with Gasteiger partial charge in [0.2, 0.25) is 0 Å². The maximum Gasteiger partial charge on any atom is 0.183 e. The first-order valence-electron chi connectivity index (χ1n) is 3.91. The quantitative estimate of drug-likeness (QED) is 0.600. The molecule has 0 aromatic heterocycles. The van der Waals surface area contributed by atoms with Gasteiger partial charge in [-0.05, 0) is 12.8 Å². The van der Waals surface area contributed by atoms with E-state index in [-0.39, 0.29) is 17.7 Å². The fraction of sp³-hybridized carbons (Fsp3) is 0.875. The Morgan fingerprint density at radius 2 is 2.09 bits per heavy atom. The number of Topliss-reactive ketones (excluding diaryl/α,β-unsaturated/α-hetero) is 1. The molecule has 2 atom stereocenters. The van der Waals surface area contributed by atoms with Crippen molar-refractivity contribution in [2.75, 3.05) is 6.61 Å². The van der Waals surface area contributed by atoms with Crippen molar-refractivity contribution in [1.29, 1.82) is 0 Å². The first-order valence-corrected chi connectivity index (χ1v) is 3.91. The monoisotopic (exact) mass is 157 g/mol. The van der Waals surface area contributed by atoms with Gasteiger partial charge in [-0.15, -0.1) is 0 Å². The number of epoxide rings is 1. The summed E-state index contributed by atoms with van der Waals surface area (Å²) in [6, 6.07) is -0.373. The Hall–Kier alpha value is -0.410. The fourth-order valence-corrected chi connectivity index (χ4v) is 0.906. The third-order valence-corrected chi connectivity index (χ3v) is 2.12. The summed E-state index contributed by atoms with van der Waals surface area (Å²) in [5, 5.41) is 0. The highest BCUT2D eigenvalue weighted by Gasteiger charge is 2.49. The highest BCUT2D eigenvalue weighted by atomic mass is 16.6. The largest absolute Gasteiger partial charge is 0.362 e. The minimum atomic E-state index is -0.552. The molecule has 0 saturated carbocycles. The van der Waals surface area contributed by atoms with E-state index in [1.165, 1.54) is 0 Å². The van der Waals surface area contributed by atoms with Gasteiger partial charge < -0.3 is 10.5 Å². The van der Waals surface area contributed by atoms with Gasteiger partial charge in [0.25, 0.3) is 0 Å². The van der Waals surface area contributed by atoms with Crippen molar-refractivity contribution in [2.45, 2.75) is 32.4 Å². The molecular weight excluding hydrogens is 142 g/mol. The highest BCUT2D eigenvalue weighted by Crippen LogP contribution is 2.28. The van der Waals surface area contributed by atoms with Gasteiger partial charge in [0.1, 0.15) is 5.60 Å². The van der Waals surface area contributed by atoms with E-state index in [9.17, 15) is 4.79 Å². The van der Waals surface area contributed by atoms with E-state index in [4.69, 9.17) is 10.5 Å². The van der Waals surface area contributed by atoms with E-state index in [0.717, 1.165) is 0 Å². The second-order valence-electron chi connectivity index (χ2n) is 3.65. The molecule has 0 aliphatic carbocycles.